The second-order valence-electron chi connectivity index (χ2n) is 5.59. The zero-order chi connectivity index (χ0) is 16.8. The summed E-state index contributed by atoms with van der Waals surface area (Å²) in [6.07, 6.45) is 0.257. The van der Waals surface area contributed by atoms with Crippen molar-refractivity contribution >= 4 is 27.4 Å². The molecule has 4 nitrogen and oxygen atoms in total. The lowest BCUT2D eigenvalue weighted by Crippen LogP contribution is -2.33. The first-order chi connectivity index (χ1) is 11.7. The minimum atomic E-state index is -0.628. The van der Waals surface area contributed by atoms with Crippen LogP contribution >= 0.6 is 11.3 Å². The van der Waals surface area contributed by atoms with Gasteiger partial charge in [-0.05, 0) is 29.5 Å². The van der Waals surface area contributed by atoms with Gasteiger partial charge in [-0.2, -0.15) is 0 Å². The lowest BCUT2D eigenvalue weighted by molar-refractivity contribution is 0.191. The Morgan fingerprint density at radius 1 is 1.12 bits per heavy atom. The molecule has 0 aliphatic rings. The van der Waals surface area contributed by atoms with Crippen molar-refractivity contribution in [3.63, 3.8) is 0 Å². The van der Waals surface area contributed by atoms with E-state index >= 15 is 0 Å². The van der Waals surface area contributed by atoms with E-state index in [-0.39, 0.29) is 6.54 Å². The van der Waals surface area contributed by atoms with Crippen LogP contribution in [0, 0.1) is 0 Å². The first-order valence-corrected chi connectivity index (χ1v) is 8.78. The van der Waals surface area contributed by atoms with Gasteiger partial charge in [-0.1, -0.05) is 48.5 Å². The van der Waals surface area contributed by atoms with Gasteiger partial charge in [-0.3, -0.25) is 4.99 Å². The molecule has 1 unspecified atom stereocenters. The van der Waals surface area contributed by atoms with Gasteiger partial charge in [0.1, 0.15) is 6.10 Å². The van der Waals surface area contributed by atoms with Crippen LogP contribution < -0.4 is 11.1 Å². The lowest BCUT2D eigenvalue weighted by Gasteiger charge is -2.08. The first-order valence-electron chi connectivity index (χ1n) is 7.96. The number of rotatable bonds is 6. The highest BCUT2D eigenvalue weighted by atomic mass is 32.1. The molecule has 4 N–H and O–H groups in total. The Morgan fingerprint density at radius 2 is 1.88 bits per heavy atom. The van der Waals surface area contributed by atoms with Gasteiger partial charge in [0.25, 0.3) is 0 Å². The summed E-state index contributed by atoms with van der Waals surface area (Å²) >= 11 is 1.59. The van der Waals surface area contributed by atoms with Crippen molar-refractivity contribution in [1.29, 1.82) is 0 Å². The maximum Gasteiger partial charge on any atom is 0.188 e. The largest absolute Gasteiger partial charge is 0.386 e. The molecule has 3 aromatic rings. The molecule has 24 heavy (non-hydrogen) atoms. The third-order valence-corrected chi connectivity index (χ3v) is 4.99. The second-order valence-corrected chi connectivity index (χ2v) is 6.71. The summed E-state index contributed by atoms with van der Waals surface area (Å²) in [5.41, 5.74) is 7.12. The summed E-state index contributed by atoms with van der Waals surface area (Å²) in [7, 11) is 0. The number of aliphatic hydroxyl groups excluding tert-OH is 1. The smallest absolute Gasteiger partial charge is 0.188 e. The molecule has 2 aromatic carbocycles. The first kappa shape index (κ1) is 16.5. The van der Waals surface area contributed by atoms with E-state index in [0.717, 1.165) is 23.2 Å². The molecule has 0 amide bonds. The molecular weight excluding hydrogens is 318 g/mol. The van der Waals surface area contributed by atoms with Crippen LogP contribution in [0.4, 0.5) is 0 Å². The van der Waals surface area contributed by atoms with Gasteiger partial charge in [0.2, 0.25) is 0 Å². The number of aliphatic imine (C=N–C) groups is 1. The summed E-state index contributed by atoms with van der Waals surface area (Å²) in [5, 5.41) is 14.5. The van der Waals surface area contributed by atoms with Crippen molar-refractivity contribution in [2.24, 2.45) is 10.7 Å². The van der Waals surface area contributed by atoms with E-state index in [0.29, 0.717) is 5.96 Å². The topological polar surface area (TPSA) is 70.6 Å². The molecule has 5 heteroatoms. The maximum atomic E-state index is 10.3. The Hall–Kier alpha value is -2.37. The van der Waals surface area contributed by atoms with Gasteiger partial charge < -0.3 is 16.2 Å². The van der Waals surface area contributed by atoms with Crippen LogP contribution in [-0.2, 0) is 6.42 Å². The summed E-state index contributed by atoms with van der Waals surface area (Å²) in [6, 6.07) is 20.3. The Bertz CT molecular complexity index is 781. The normalized spacial score (nSPS) is 13.1. The highest BCUT2D eigenvalue weighted by molar-refractivity contribution is 7.19. The fourth-order valence-electron chi connectivity index (χ4n) is 2.48. The molecule has 0 saturated heterocycles. The molecule has 0 fully saturated rings. The molecule has 0 aliphatic carbocycles. The number of fused-ring (bicyclic) bond motifs is 1. The van der Waals surface area contributed by atoms with E-state index in [4.69, 9.17) is 5.73 Å². The number of nitrogens with one attached hydrogen (secondary N) is 1. The highest BCUT2D eigenvalue weighted by Crippen LogP contribution is 2.29. The van der Waals surface area contributed by atoms with Crippen molar-refractivity contribution in [1.82, 2.24) is 5.32 Å². The number of hydrogen-bond acceptors (Lipinski definition) is 3. The van der Waals surface area contributed by atoms with Crippen molar-refractivity contribution in [2.75, 3.05) is 13.1 Å². The standard InChI is InChI=1S/C19H21N3OS/c20-19(21-11-10-14-6-2-1-3-7-14)22-13-16(23)18-12-15-8-4-5-9-17(15)24-18/h1-9,12,16,23H,10-11,13H2,(H3,20,21,22). The summed E-state index contributed by atoms with van der Waals surface area (Å²) in [5.74, 6) is 0.367. The van der Waals surface area contributed by atoms with Crippen LogP contribution in [0.5, 0.6) is 0 Å². The molecule has 1 atom stereocenters. The van der Waals surface area contributed by atoms with E-state index < -0.39 is 6.10 Å². The minimum absolute atomic E-state index is 0.261. The van der Waals surface area contributed by atoms with E-state index in [9.17, 15) is 5.11 Å². The monoisotopic (exact) mass is 339 g/mol. The second kappa shape index (κ2) is 7.95. The number of benzene rings is 2. The molecule has 1 heterocycles. The zero-order valence-electron chi connectivity index (χ0n) is 13.4. The Kier molecular flexibility index (Phi) is 5.46. The quantitative estimate of drug-likeness (QED) is 0.477. The van der Waals surface area contributed by atoms with E-state index in [1.807, 2.05) is 42.5 Å². The predicted octanol–water partition coefficient (Wildman–Crippen LogP) is 3.08. The third-order valence-electron chi connectivity index (χ3n) is 3.77. The van der Waals surface area contributed by atoms with Crippen LogP contribution in [0.25, 0.3) is 10.1 Å². The molecule has 0 saturated carbocycles. The Balaban J connectivity index is 1.50. The van der Waals surface area contributed by atoms with Gasteiger partial charge in [-0.25, -0.2) is 0 Å². The molecule has 0 radical (unpaired) electrons. The Morgan fingerprint density at radius 3 is 2.67 bits per heavy atom. The highest BCUT2D eigenvalue weighted by Gasteiger charge is 2.10. The maximum absolute atomic E-state index is 10.3. The number of nitrogens with two attached hydrogens (primary N) is 1. The summed E-state index contributed by atoms with van der Waals surface area (Å²) in [6.45, 7) is 0.981. The van der Waals surface area contributed by atoms with Crippen LogP contribution in [0.15, 0.2) is 65.7 Å². The fourth-order valence-corrected chi connectivity index (χ4v) is 3.52. The number of guanidine groups is 1. The van der Waals surface area contributed by atoms with E-state index in [1.165, 1.54) is 10.3 Å². The van der Waals surface area contributed by atoms with Crippen LogP contribution in [0.1, 0.15) is 16.5 Å². The Labute approximate surface area is 145 Å². The molecule has 124 valence electrons. The SMILES string of the molecule is NC(=NCC(O)c1cc2ccccc2s1)NCCc1ccccc1. The zero-order valence-corrected chi connectivity index (χ0v) is 14.2. The number of aliphatic hydroxyl groups is 1. The summed E-state index contributed by atoms with van der Waals surface area (Å²) < 4.78 is 1.17. The fraction of sp³-hybridized carbons (Fsp3) is 0.211. The van der Waals surface area contributed by atoms with Crippen molar-refractivity contribution in [2.45, 2.75) is 12.5 Å². The van der Waals surface area contributed by atoms with Gasteiger partial charge >= 0.3 is 0 Å². The molecule has 0 bridgehead atoms. The van der Waals surface area contributed by atoms with Crippen molar-refractivity contribution in [3.8, 4) is 0 Å². The van der Waals surface area contributed by atoms with Crippen LogP contribution in [0.2, 0.25) is 0 Å². The molecular formula is C19H21N3OS. The van der Waals surface area contributed by atoms with Gasteiger partial charge in [0, 0.05) is 16.1 Å². The number of nitrogens with zero attached hydrogens (tertiary/aromatic N) is 1. The van der Waals surface area contributed by atoms with Crippen molar-refractivity contribution < 1.29 is 5.11 Å². The average molecular weight is 339 g/mol. The van der Waals surface area contributed by atoms with Crippen LogP contribution in [-0.4, -0.2) is 24.2 Å². The minimum Gasteiger partial charge on any atom is -0.386 e. The van der Waals surface area contributed by atoms with Gasteiger partial charge in [0.05, 0.1) is 6.54 Å². The molecule has 1 aromatic heterocycles. The number of thiophene rings is 1. The third kappa shape index (κ3) is 4.34. The van der Waals surface area contributed by atoms with E-state index in [1.54, 1.807) is 11.3 Å². The van der Waals surface area contributed by atoms with E-state index in [2.05, 4.69) is 28.5 Å². The molecule has 3 rings (SSSR count). The molecule has 0 aliphatic heterocycles. The predicted molar refractivity (Wildman–Crippen MR) is 101 cm³/mol. The van der Waals surface area contributed by atoms with Gasteiger partial charge in [-0.15, -0.1) is 11.3 Å². The molecule has 0 spiro atoms. The average Bonchev–Trinajstić information content (AvgIpc) is 3.05. The number of hydrogen-bond donors (Lipinski definition) is 3. The summed E-state index contributed by atoms with van der Waals surface area (Å²) in [4.78, 5) is 5.16. The van der Waals surface area contributed by atoms with Crippen LogP contribution in [0.3, 0.4) is 0 Å². The lowest BCUT2D eigenvalue weighted by atomic mass is 10.1. The van der Waals surface area contributed by atoms with Gasteiger partial charge in [0.15, 0.2) is 5.96 Å². The van der Waals surface area contributed by atoms with Crippen molar-refractivity contribution in [3.05, 3.63) is 71.1 Å².